The van der Waals surface area contributed by atoms with Gasteiger partial charge in [0.2, 0.25) is 5.91 Å². The zero-order chi connectivity index (χ0) is 15.2. The van der Waals surface area contributed by atoms with Crippen molar-refractivity contribution in [2.24, 2.45) is 5.73 Å². The van der Waals surface area contributed by atoms with Gasteiger partial charge >= 0.3 is 0 Å². The summed E-state index contributed by atoms with van der Waals surface area (Å²) in [4.78, 5) is 12.0. The maximum absolute atomic E-state index is 12.0. The Morgan fingerprint density at radius 3 is 2.86 bits per heavy atom. The highest BCUT2D eigenvalue weighted by molar-refractivity contribution is 5.75. The van der Waals surface area contributed by atoms with Gasteiger partial charge in [-0.3, -0.25) is 4.79 Å². The van der Waals surface area contributed by atoms with Crippen LogP contribution >= 0.6 is 0 Å². The van der Waals surface area contributed by atoms with Crippen molar-refractivity contribution in [2.45, 2.75) is 39.4 Å². The molecule has 6 heteroatoms. The normalized spacial score (nSPS) is 12.1. The Morgan fingerprint density at radius 1 is 1.43 bits per heavy atom. The lowest BCUT2D eigenvalue weighted by Crippen LogP contribution is -2.36. The van der Waals surface area contributed by atoms with Crippen molar-refractivity contribution in [3.8, 4) is 0 Å². The van der Waals surface area contributed by atoms with Gasteiger partial charge in [-0.1, -0.05) is 29.5 Å². The number of aromatic nitrogens is 3. The molecule has 0 fully saturated rings. The Balaban J connectivity index is 1.86. The number of amides is 1. The zero-order valence-electron chi connectivity index (χ0n) is 12.4. The van der Waals surface area contributed by atoms with Gasteiger partial charge in [-0.25, -0.2) is 4.68 Å². The molecular formula is C15H21N5O. The van der Waals surface area contributed by atoms with Crippen LogP contribution in [0.25, 0.3) is 0 Å². The number of aryl methyl sites for hydroxylation is 1. The standard InChI is InChI=1S/C15H21N5O/c1-11-5-3-4-6-13(11)7-12(2)17-15(21)10-20-9-14(8-16)18-19-20/h3-6,9,12H,7-8,10,16H2,1-2H3,(H,17,21). The van der Waals surface area contributed by atoms with Crippen LogP contribution in [0.15, 0.2) is 30.5 Å². The molecule has 2 rings (SSSR count). The molecule has 112 valence electrons. The van der Waals surface area contributed by atoms with Crippen molar-refractivity contribution in [3.05, 3.63) is 47.3 Å². The van der Waals surface area contributed by atoms with Crippen LogP contribution in [0.5, 0.6) is 0 Å². The van der Waals surface area contributed by atoms with Crippen LogP contribution in [-0.4, -0.2) is 26.9 Å². The lowest BCUT2D eigenvalue weighted by molar-refractivity contribution is -0.122. The molecule has 6 nitrogen and oxygen atoms in total. The maximum atomic E-state index is 12.0. The number of hydrogen-bond acceptors (Lipinski definition) is 4. The fourth-order valence-corrected chi connectivity index (χ4v) is 2.20. The van der Waals surface area contributed by atoms with Crippen molar-refractivity contribution in [2.75, 3.05) is 0 Å². The highest BCUT2D eigenvalue weighted by Crippen LogP contribution is 2.09. The van der Waals surface area contributed by atoms with E-state index in [-0.39, 0.29) is 18.5 Å². The molecular weight excluding hydrogens is 266 g/mol. The van der Waals surface area contributed by atoms with E-state index in [1.807, 2.05) is 19.1 Å². The smallest absolute Gasteiger partial charge is 0.242 e. The number of carbonyl (C=O) groups is 1. The molecule has 2 aromatic rings. The van der Waals surface area contributed by atoms with Crippen LogP contribution in [0.4, 0.5) is 0 Å². The summed E-state index contributed by atoms with van der Waals surface area (Å²) in [5.74, 6) is -0.0791. The van der Waals surface area contributed by atoms with Crippen LogP contribution in [-0.2, 0) is 24.3 Å². The third-order valence-electron chi connectivity index (χ3n) is 3.30. The summed E-state index contributed by atoms with van der Waals surface area (Å²) in [6, 6.07) is 8.26. The van der Waals surface area contributed by atoms with Gasteiger partial charge in [0.05, 0.1) is 11.9 Å². The minimum Gasteiger partial charge on any atom is -0.352 e. The Labute approximate surface area is 124 Å². The molecule has 0 spiro atoms. The van der Waals surface area contributed by atoms with Gasteiger partial charge in [-0.2, -0.15) is 0 Å². The molecule has 1 unspecified atom stereocenters. The van der Waals surface area contributed by atoms with Gasteiger partial charge in [0, 0.05) is 12.6 Å². The molecule has 1 amide bonds. The number of nitrogens with two attached hydrogens (primary N) is 1. The van der Waals surface area contributed by atoms with E-state index in [1.54, 1.807) is 6.20 Å². The molecule has 1 heterocycles. The van der Waals surface area contributed by atoms with Gasteiger partial charge < -0.3 is 11.1 Å². The van der Waals surface area contributed by atoms with Crippen LogP contribution < -0.4 is 11.1 Å². The number of benzene rings is 1. The molecule has 0 saturated heterocycles. The second kappa shape index (κ2) is 6.99. The Bertz CT molecular complexity index is 608. The van der Waals surface area contributed by atoms with E-state index in [9.17, 15) is 4.79 Å². The van der Waals surface area contributed by atoms with Gasteiger partial charge in [-0.05, 0) is 31.4 Å². The van der Waals surface area contributed by atoms with E-state index in [1.165, 1.54) is 15.8 Å². The number of rotatable bonds is 6. The second-order valence-corrected chi connectivity index (χ2v) is 5.21. The Kier molecular flexibility index (Phi) is 5.05. The van der Waals surface area contributed by atoms with E-state index >= 15 is 0 Å². The fourth-order valence-electron chi connectivity index (χ4n) is 2.20. The summed E-state index contributed by atoms with van der Waals surface area (Å²) in [7, 11) is 0. The molecule has 1 aromatic heterocycles. The summed E-state index contributed by atoms with van der Waals surface area (Å²) in [6.07, 6.45) is 2.50. The topological polar surface area (TPSA) is 85.8 Å². The quantitative estimate of drug-likeness (QED) is 0.822. The van der Waals surface area contributed by atoms with Crippen LogP contribution in [0, 0.1) is 6.92 Å². The first-order valence-corrected chi connectivity index (χ1v) is 7.01. The van der Waals surface area contributed by atoms with Crippen molar-refractivity contribution in [1.29, 1.82) is 0 Å². The van der Waals surface area contributed by atoms with Crippen LogP contribution in [0.2, 0.25) is 0 Å². The molecule has 0 saturated carbocycles. The van der Waals surface area contributed by atoms with Gasteiger partial charge in [0.1, 0.15) is 6.54 Å². The average Bonchev–Trinajstić information content (AvgIpc) is 2.88. The predicted molar refractivity (Wildman–Crippen MR) is 80.4 cm³/mol. The summed E-state index contributed by atoms with van der Waals surface area (Å²) in [5, 5.41) is 10.7. The first kappa shape index (κ1) is 15.2. The molecule has 0 radical (unpaired) electrons. The number of carbonyl (C=O) groups excluding carboxylic acids is 1. The Morgan fingerprint density at radius 2 is 2.19 bits per heavy atom. The summed E-state index contributed by atoms with van der Waals surface area (Å²) in [5.41, 5.74) is 8.62. The molecule has 21 heavy (non-hydrogen) atoms. The minimum absolute atomic E-state index is 0.0658. The molecule has 1 atom stereocenters. The highest BCUT2D eigenvalue weighted by atomic mass is 16.2. The van der Waals surface area contributed by atoms with Crippen molar-refractivity contribution >= 4 is 5.91 Å². The average molecular weight is 287 g/mol. The van der Waals surface area contributed by atoms with Gasteiger partial charge in [0.25, 0.3) is 0 Å². The molecule has 0 aliphatic carbocycles. The zero-order valence-corrected chi connectivity index (χ0v) is 12.4. The van der Waals surface area contributed by atoms with Crippen molar-refractivity contribution in [3.63, 3.8) is 0 Å². The van der Waals surface area contributed by atoms with E-state index in [4.69, 9.17) is 5.73 Å². The second-order valence-electron chi connectivity index (χ2n) is 5.21. The summed E-state index contributed by atoms with van der Waals surface area (Å²) >= 11 is 0. The van der Waals surface area contributed by atoms with Crippen LogP contribution in [0.3, 0.4) is 0 Å². The molecule has 1 aromatic carbocycles. The lowest BCUT2D eigenvalue weighted by Gasteiger charge is -2.15. The third kappa shape index (κ3) is 4.39. The minimum atomic E-state index is -0.0791. The molecule has 3 N–H and O–H groups in total. The van der Waals surface area contributed by atoms with Crippen molar-refractivity contribution in [1.82, 2.24) is 20.3 Å². The van der Waals surface area contributed by atoms with Crippen molar-refractivity contribution < 1.29 is 4.79 Å². The maximum Gasteiger partial charge on any atom is 0.242 e. The summed E-state index contributed by atoms with van der Waals surface area (Å²) < 4.78 is 1.50. The SMILES string of the molecule is Cc1ccccc1CC(C)NC(=O)Cn1cc(CN)nn1. The van der Waals surface area contributed by atoms with E-state index in [0.717, 1.165) is 6.42 Å². The van der Waals surface area contributed by atoms with Gasteiger partial charge in [-0.15, -0.1) is 5.10 Å². The fraction of sp³-hybridized carbons (Fsp3) is 0.400. The molecule has 0 bridgehead atoms. The highest BCUT2D eigenvalue weighted by Gasteiger charge is 2.10. The van der Waals surface area contributed by atoms with E-state index in [2.05, 4.69) is 34.7 Å². The number of nitrogens with zero attached hydrogens (tertiary/aromatic N) is 3. The monoisotopic (exact) mass is 287 g/mol. The summed E-state index contributed by atoms with van der Waals surface area (Å²) in [6.45, 7) is 4.56. The largest absolute Gasteiger partial charge is 0.352 e. The molecule has 0 aliphatic heterocycles. The first-order valence-electron chi connectivity index (χ1n) is 7.01. The first-order chi connectivity index (χ1) is 10.1. The Hall–Kier alpha value is -2.21. The number of nitrogens with one attached hydrogen (secondary N) is 1. The lowest BCUT2D eigenvalue weighted by atomic mass is 10.0. The number of hydrogen-bond donors (Lipinski definition) is 2. The van der Waals surface area contributed by atoms with E-state index in [0.29, 0.717) is 12.2 Å². The third-order valence-corrected chi connectivity index (χ3v) is 3.30. The molecule has 0 aliphatic rings. The predicted octanol–water partition coefficient (Wildman–Crippen LogP) is 0.793. The van der Waals surface area contributed by atoms with E-state index < -0.39 is 0 Å². The van der Waals surface area contributed by atoms with Gasteiger partial charge in [0.15, 0.2) is 0 Å². The van der Waals surface area contributed by atoms with Crippen LogP contribution in [0.1, 0.15) is 23.7 Å².